The van der Waals surface area contributed by atoms with E-state index in [4.69, 9.17) is 16.3 Å². The lowest BCUT2D eigenvalue weighted by Gasteiger charge is -2.34. The van der Waals surface area contributed by atoms with Gasteiger partial charge in [-0.3, -0.25) is 9.38 Å². The van der Waals surface area contributed by atoms with E-state index in [1.54, 1.807) is 6.07 Å². The predicted molar refractivity (Wildman–Crippen MR) is 82.4 cm³/mol. The normalized spacial score (nSPS) is 17.3. The van der Waals surface area contributed by atoms with Gasteiger partial charge in [-0.1, -0.05) is 0 Å². The monoisotopic (exact) mass is 387 g/mol. The molecule has 0 aromatic carbocycles. The Morgan fingerprint density at radius 2 is 1.92 bits per heavy atom. The van der Waals surface area contributed by atoms with Crippen LogP contribution in [0.1, 0.15) is 18.7 Å². The van der Waals surface area contributed by atoms with Gasteiger partial charge in [0.05, 0.1) is 11.9 Å². The molecular weight excluding hydrogens is 378 g/mol. The summed E-state index contributed by atoms with van der Waals surface area (Å²) < 4.78 is 58.7. The van der Waals surface area contributed by atoms with E-state index in [0.29, 0.717) is 11.3 Å². The first-order valence-electron chi connectivity index (χ1n) is 7.50. The molecule has 0 amide bonds. The lowest BCUT2D eigenvalue weighted by Crippen LogP contribution is -2.43. The van der Waals surface area contributed by atoms with Gasteiger partial charge < -0.3 is 4.74 Å². The molecule has 0 unspecified atom stereocenters. The van der Waals surface area contributed by atoms with Crippen LogP contribution >= 0.6 is 11.6 Å². The minimum absolute atomic E-state index is 0.114. The average molecular weight is 388 g/mol. The number of fused-ring (bicyclic) bond motifs is 1. The molecule has 136 valence electrons. The molecule has 3 heterocycles. The molecule has 0 spiro atoms. The van der Waals surface area contributed by atoms with Crippen LogP contribution in [-0.2, 0) is 5.38 Å². The van der Waals surface area contributed by atoms with E-state index in [1.807, 2.05) is 0 Å². The maximum atomic E-state index is 13.4. The third-order valence-electron chi connectivity index (χ3n) is 3.92. The van der Waals surface area contributed by atoms with Crippen LogP contribution in [0.5, 0.6) is 5.88 Å². The van der Waals surface area contributed by atoms with Gasteiger partial charge in [0.2, 0.25) is 11.7 Å². The van der Waals surface area contributed by atoms with Crippen molar-refractivity contribution < 1.29 is 22.3 Å². The van der Waals surface area contributed by atoms with E-state index in [9.17, 15) is 17.6 Å². The number of hydrogen-bond donors (Lipinski definition) is 0. The molecule has 1 fully saturated rings. The first-order valence-corrected chi connectivity index (χ1v) is 7.88. The molecule has 0 atom stereocenters. The van der Waals surface area contributed by atoms with Crippen molar-refractivity contribution in [2.24, 2.45) is 0 Å². The molecule has 4 rings (SSSR count). The molecule has 0 bridgehead atoms. The Morgan fingerprint density at radius 1 is 1.15 bits per heavy atom. The second-order valence-electron chi connectivity index (χ2n) is 5.91. The molecule has 6 nitrogen and oxygen atoms in total. The second kappa shape index (κ2) is 5.76. The highest BCUT2D eigenvalue weighted by molar-refractivity contribution is 6.21. The average Bonchev–Trinajstić information content (AvgIpc) is 2.97. The summed E-state index contributed by atoms with van der Waals surface area (Å²) in [5, 5.41) is 3.27. The number of hydrogen-bond acceptors (Lipinski definition) is 5. The maximum Gasteiger partial charge on any atom is 0.382 e. The van der Waals surface area contributed by atoms with Crippen molar-refractivity contribution in [3.05, 3.63) is 36.5 Å². The topological polar surface area (TPSA) is 65.2 Å². The quantitative estimate of drug-likeness (QED) is 0.505. The van der Waals surface area contributed by atoms with E-state index in [-0.39, 0.29) is 24.4 Å². The summed E-state index contributed by atoms with van der Waals surface area (Å²) in [5.41, 5.74) is 0.951. The molecule has 26 heavy (non-hydrogen) atoms. The van der Waals surface area contributed by atoms with Crippen molar-refractivity contribution in [2.45, 2.75) is 30.2 Å². The number of nitrogens with zero attached hydrogens (tertiary/aromatic N) is 5. The zero-order chi connectivity index (χ0) is 18.5. The van der Waals surface area contributed by atoms with Crippen LogP contribution in [0.2, 0.25) is 0 Å². The Morgan fingerprint density at radius 3 is 2.54 bits per heavy atom. The van der Waals surface area contributed by atoms with Crippen LogP contribution in [0.15, 0.2) is 30.7 Å². The van der Waals surface area contributed by atoms with Gasteiger partial charge in [0, 0.05) is 36.9 Å². The molecule has 3 aromatic heterocycles. The van der Waals surface area contributed by atoms with Crippen LogP contribution in [0, 0.1) is 0 Å². The predicted octanol–water partition coefficient (Wildman–Crippen LogP) is 3.65. The van der Waals surface area contributed by atoms with Gasteiger partial charge in [-0.05, 0) is 17.7 Å². The smallest absolute Gasteiger partial charge is 0.382 e. The Hall–Kier alpha value is -2.49. The first kappa shape index (κ1) is 17.0. The molecule has 3 aromatic rings. The number of aromatic nitrogens is 5. The number of alkyl halides is 5. The van der Waals surface area contributed by atoms with Gasteiger partial charge >= 0.3 is 5.38 Å². The van der Waals surface area contributed by atoms with E-state index >= 15 is 0 Å². The third-order valence-corrected chi connectivity index (χ3v) is 4.09. The van der Waals surface area contributed by atoms with Gasteiger partial charge in [0.15, 0.2) is 5.65 Å². The summed E-state index contributed by atoms with van der Waals surface area (Å²) in [5.74, 6) is -3.20. The highest BCUT2D eigenvalue weighted by atomic mass is 35.5. The summed E-state index contributed by atoms with van der Waals surface area (Å²) >= 11 is 5.03. The number of ether oxygens (including phenoxy) is 1. The van der Waals surface area contributed by atoms with Crippen LogP contribution in [0.3, 0.4) is 0 Å². The summed E-state index contributed by atoms with van der Waals surface area (Å²) in [6.07, 6.45) is 2.75. The van der Waals surface area contributed by atoms with Gasteiger partial charge in [-0.2, -0.15) is 8.78 Å². The van der Waals surface area contributed by atoms with Gasteiger partial charge in [0.1, 0.15) is 6.10 Å². The second-order valence-corrected chi connectivity index (χ2v) is 6.39. The summed E-state index contributed by atoms with van der Waals surface area (Å²) in [4.78, 5) is 8.16. The van der Waals surface area contributed by atoms with Crippen molar-refractivity contribution in [1.82, 2.24) is 24.6 Å². The highest BCUT2D eigenvalue weighted by Crippen LogP contribution is 2.39. The Bertz CT molecular complexity index is 949. The first-order chi connectivity index (χ1) is 12.2. The zero-order valence-electron chi connectivity index (χ0n) is 12.9. The summed E-state index contributed by atoms with van der Waals surface area (Å²) in [6, 6.07) is 3.09. The molecule has 1 aliphatic carbocycles. The molecule has 1 aliphatic rings. The highest BCUT2D eigenvalue weighted by Gasteiger charge is 2.47. The largest absolute Gasteiger partial charge is 0.474 e. The maximum absolute atomic E-state index is 13.4. The molecule has 0 N–H and O–H groups in total. The van der Waals surface area contributed by atoms with E-state index < -0.39 is 23.2 Å². The van der Waals surface area contributed by atoms with Crippen molar-refractivity contribution >= 4 is 17.2 Å². The fraction of sp³-hybridized carbons (Fsp3) is 0.333. The van der Waals surface area contributed by atoms with Gasteiger partial charge in [-0.25, -0.2) is 13.8 Å². The number of pyridine rings is 1. The molecule has 0 aliphatic heterocycles. The lowest BCUT2D eigenvalue weighted by molar-refractivity contribution is -0.135. The van der Waals surface area contributed by atoms with Crippen molar-refractivity contribution in [3.63, 3.8) is 0 Å². The van der Waals surface area contributed by atoms with E-state index in [2.05, 4.69) is 20.2 Å². The van der Waals surface area contributed by atoms with Crippen LogP contribution in [0.25, 0.3) is 16.9 Å². The molecule has 0 radical (unpaired) electrons. The van der Waals surface area contributed by atoms with E-state index in [1.165, 1.54) is 24.7 Å². The van der Waals surface area contributed by atoms with Crippen molar-refractivity contribution in [2.75, 3.05) is 0 Å². The van der Waals surface area contributed by atoms with Gasteiger partial charge in [-0.15, -0.1) is 10.2 Å². The summed E-state index contributed by atoms with van der Waals surface area (Å²) in [6.45, 7) is 0. The Kier molecular flexibility index (Phi) is 3.76. The van der Waals surface area contributed by atoms with Crippen LogP contribution in [-0.4, -0.2) is 36.6 Å². The summed E-state index contributed by atoms with van der Waals surface area (Å²) in [7, 11) is 0. The fourth-order valence-electron chi connectivity index (χ4n) is 2.61. The number of rotatable bonds is 4. The molecular formula is C15H10ClF4N5O. The fourth-order valence-corrected chi connectivity index (χ4v) is 2.73. The lowest BCUT2D eigenvalue weighted by atomic mass is 9.91. The van der Waals surface area contributed by atoms with Crippen LogP contribution in [0.4, 0.5) is 17.6 Å². The minimum Gasteiger partial charge on any atom is -0.474 e. The Labute approximate surface area is 148 Å². The minimum atomic E-state index is -3.68. The molecule has 1 saturated carbocycles. The number of halogens is 5. The standard InChI is InChI=1S/C15H10ClF4N5O/c16-15(19,20)13-24-23-11-6-21-10(7-25(11)13)8-1-2-12(22-5-8)26-9-3-14(17,18)4-9/h1-2,5-7,9H,3-4H2. The Balaban J connectivity index is 1.57. The third kappa shape index (κ3) is 3.16. The van der Waals surface area contributed by atoms with Crippen molar-refractivity contribution in [3.8, 4) is 17.1 Å². The van der Waals surface area contributed by atoms with Crippen LogP contribution < -0.4 is 4.74 Å². The van der Waals surface area contributed by atoms with Crippen molar-refractivity contribution in [1.29, 1.82) is 0 Å². The SMILES string of the molecule is FC1(F)CC(Oc2ccc(-c3cn4c(C(F)(F)Cl)nnc4cn3)cn2)C1. The molecule has 11 heteroatoms. The van der Waals surface area contributed by atoms with Gasteiger partial charge in [0.25, 0.3) is 5.92 Å². The zero-order valence-corrected chi connectivity index (χ0v) is 13.7. The molecule has 0 saturated heterocycles. The van der Waals surface area contributed by atoms with E-state index in [0.717, 1.165) is 4.40 Å².